The Morgan fingerprint density at radius 2 is 1.79 bits per heavy atom. The maximum absolute atomic E-state index is 10.2. The van der Waals surface area contributed by atoms with Crippen molar-refractivity contribution in [1.29, 1.82) is 0 Å². The quantitative estimate of drug-likeness (QED) is 0.257. The first-order valence-electron chi connectivity index (χ1n) is 14.2. The Balaban J connectivity index is 1.98. The van der Waals surface area contributed by atoms with Crippen LogP contribution in [0.25, 0.3) is 0 Å². The minimum absolute atomic E-state index is 0.0556. The zero-order chi connectivity index (χ0) is 29.2. The van der Waals surface area contributed by atoms with Crippen LogP contribution in [0.1, 0.15) is 59.9 Å². The van der Waals surface area contributed by atoms with E-state index < -0.39 is 37.8 Å². The van der Waals surface area contributed by atoms with E-state index in [0.717, 1.165) is 11.3 Å². The molecule has 8 heteroatoms. The molecule has 0 amide bonds. The molecule has 2 heterocycles. The molecule has 222 valence electrons. The van der Waals surface area contributed by atoms with Gasteiger partial charge in [-0.3, -0.25) is 0 Å². The van der Waals surface area contributed by atoms with Gasteiger partial charge in [0.15, 0.2) is 14.1 Å². The Bertz CT molecular complexity index is 937. The molecule has 2 aliphatic rings. The number of ether oxygens (including phenoxy) is 5. The van der Waals surface area contributed by atoms with Crippen molar-refractivity contribution < 1.29 is 33.2 Å². The van der Waals surface area contributed by atoms with Crippen LogP contribution >= 0.6 is 0 Å². The smallest absolute Gasteiger partial charge is 0.192 e. The van der Waals surface area contributed by atoms with Gasteiger partial charge in [-0.05, 0) is 42.2 Å². The molecule has 39 heavy (non-hydrogen) atoms. The minimum Gasteiger partial charge on any atom is -0.497 e. The summed E-state index contributed by atoms with van der Waals surface area (Å²) in [5.41, 5.74) is 0.441. The van der Waals surface area contributed by atoms with Crippen molar-refractivity contribution in [2.75, 3.05) is 20.8 Å². The second-order valence-corrected chi connectivity index (χ2v) is 18.0. The van der Waals surface area contributed by atoms with Crippen molar-refractivity contribution in [3.05, 3.63) is 42.5 Å². The fraction of sp³-hybridized carbons (Fsp3) is 0.742. The Morgan fingerprint density at radius 3 is 2.31 bits per heavy atom. The van der Waals surface area contributed by atoms with Gasteiger partial charge in [0.25, 0.3) is 0 Å². The lowest BCUT2D eigenvalue weighted by atomic mass is 9.72. The van der Waals surface area contributed by atoms with Crippen LogP contribution in [0.2, 0.25) is 18.1 Å². The number of rotatable bonds is 11. The van der Waals surface area contributed by atoms with Gasteiger partial charge in [-0.15, -0.1) is 6.58 Å². The first kappa shape index (κ1) is 32.3. The fourth-order valence-electron chi connectivity index (χ4n) is 5.57. The number of benzene rings is 1. The molecule has 2 aliphatic heterocycles. The summed E-state index contributed by atoms with van der Waals surface area (Å²) in [4.78, 5) is 0. The van der Waals surface area contributed by atoms with Crippen molar-refractivity contribution in [1.82, 2.24) is 0 Å². The molecule has 2 fully saturated rings. The molecule has 1 N–H and O–H groups in total. The van der Waals surface area contributed by atoms with Crippen molar-refractivity contribution in [2.45, 2.75) is 115 Å². The summed E-state index contributed by atoms with van der Waals surface area (Å²) >= 11 is 0. The van der Waals surface area contributed by atoms with E-state index in [4.69, 9.17) is 28.1 Å². The first-order chi connectivity index (χ1) is 18.2. The van der Waals surface area contributed by atoms with Gasteiger partial charge in [0.2, 0.25) is 0 Å². The van der Waals surface area contributed by atoms with Gasteiger partial charge in [-0.1, -0.05) is 59.8 Å². The van der Waals surface area contributed by atoms with Crippen molar-refractivity contribution >= 4 is 8.32 Å². The number of aliphatic hydroxyl groups is 1. The van der Waals surface area contributed by atoms with Gasteiger partial charge < -0.3 is 33.2 Å². The van der Waals surface area contributed by atoms with E-state index in [2.05, 4.69) is 61.2 Å². The summed E-state index contributed by atoms with van der Waals surface area (Å²) in [7, 11) is 1.17. The zero-order valence-corrected chi connectivity index (χ0v) is 26.8. The zero-order valence-electron chi connectivity index (χ0n) is 25.8. The lowest BCUT2D eigenvalue weighted by Gasteiger charge is -2.53. The SMILES string of the molecule is C=CC[C@@H]1O[C@@]2(C[C@@H](O[Si](C)(C)C(C)(C)C)[C@@H]1C)O[C@H]([C@H](CO)OC)[C@H](OCc1ccc(OC)cc1)C2(C)C. The highest BCUT2D eigenvalue weighted by molar-refractivity contribution is 6.74. The van der Waals surface area contributed by atoms with E-state index in [0.29, 0.717) is 19.4 Å². The van der Waals surface area contributed by atoms with Crippen molar-refractivity contribution in [3.63, 3.8) is 0 Å². The molecule has 7 nitrogen and oxygen atoms in total. The molecule has 0 unspecified atom stereocenters. The maximum atomic E-state index is 10.2. The van der Waals surface area contributed by atoms with Gasteiger partial charge in [-0.2, -0.15) is 0 Å². The average molecular weight is 565 g/mol. The summed E-state index contributed by atoms with van der Waals surface area (Å²) in [6, 6.07) is 7.84. The average Bonchev–Trinajstić information content (AvgIpc) is 3.06. The van der Waals surface area contributed by atoms with Crippen LogP contribution in [-0.4, -0.2) is 70.6 Å². The van der Waals surface area contributed by atoms with E-state index >= 15 is 0 Å². The standard InChI is InChI=1S/C31H52O7Si/c1-12-13-24-21(2)25(38-39(10,11)29(3,4)5)18-31(36-24)30(6,7)28(27(37-31)26(19-32)34-9)35-20-22-14-16-23(33-8)17-15-22/h12,14-17,21,24-28,32H,1,13,18-20H2,2-11H3/t21-,24+,25-,26+,27-,28+,31+/m1/s1. The van der Waals surface area contributed by atoms with Crippen LogP contribution < -0.4 is 4.74 Å². The minimum atomic E-state index is -2.08. The lowest BCUT2D eigenvalue weighted by Crippen LogP contribution is -2.60. The molecule has 7 atom stereocenters. The number of aliphatic hydroxyl groups excluding tert-OH is 1. The van der Waals surface area contributed by atoms with E-state index in [-0.39, 0.29) is 29.8 Å². The Kier molecular flexibility index (Phi) is 10.2. The van der Waals surface area contributed by atoms with Gasteiger partial charge in [-0.25, -0.2) is 0 Å². The van der Waals surface area contributed by atoms with Crippen LogP contribution in [0.15, 0.2) is 36.9 Å². The van der Waals surface area contributed by atoms with Crippen molar-refractivity contribution in [3.8, 4) is 5.75 Å². The second-order valence-electron chi connectivity index (χ2n) is 13.3. The third-order valence-corrected chi connectivity index (χ3v) is 13.9. The maximum Gasteiger partial charge on any atom is 0.192 e. The van der Waals surface area contributed by atoms with E-state index in [1.54, 1.807) is 14.2 Å². The molecular weight excluding hydrogens is 512 g/mol. The Morgan fingerprint density at radius 1 is 1.15 bits per heavy atom. The summed E-state index contributed by atoms with van der Waals surface area (Å²) in [6.07, 6.45) is 1.50. The van der Waals surface area contributed by atoms with Gasteiger partial charge in [0.1, 0.15) is 18.0 Å². The van der Waals surface area contributed by atoms with E-state index in [1.807, 2.05) is 30.3 Å². The predicted octanol–water partition coefficient (Wildman–Crippen LogP) is 6.10. The first-order valence-corrected chi connectivity index (χ1v) is 17.1. The van der Waals surface area contributed by atoms with Gasteiger partial charge >= 0.3 is 0 Å². The third kappa shape index (κ3) is 6.48. The summed E-state index contributed by atoms with van der Waals surface area (Å²) < 4.78 is 38.5. The summed E-state index contributed by atoms with van der Waals surface area (Å²) in [5, 5.41) is 10.3. The monoisotopic (exact) mass is 564 g/mol. The Hall–Kier alpha value is -1.26. The van der Waals surface area contributed by atoms with Gasteiger partial charge in [0.05, 0.1) is 38.6 Å². The van der Waals surface area contributed by atoms with Crippen molar-refractivity contribution in [2.24, 2.45) is 11.3 Å². The summed E-state index contributed by atoms with van der Waals surface area (Å²) in [6.45, 7) is 22.1. The molecule has 1 aromatic rings. The molecule has 0 aliphatic carbocycles. The molecule has 0 saturated carbocycles. The van der Waals surface area contributed by atoms with Crippen LogP contribution in [0.3, 0.4) is 0 Å². The third-order valence-electron chi connectivity index (χ3n) is 9.39. The van der Waals surface area contributed by atoms with Crippen LogP contribution in [-0.2, 0) is 30.0 Å². The molecule has 2 saturated heterocycles. The highest BCUT2D eigenvalue weighted by atomic mass is 28.4. The molecule has 0 radical (unpaired) electrons. The second kappa shape index (κ2) is 12.3. The van der Waals surface area contributed by atoms with Crippen LogP contribution in [0, 0.1) is 11.3 Å². The van der Waals surface area contributed by atoms with E-state index in [1.165, 1.54) is 0 Å². The van der Waals surface area contributed by atoms with Crippen LogP contribution in [0.5, 0.6) is 5.75 Å². The molecule has 1 aromatic carbocycles. The highest BCUT2D eigenvalue weighted by Gasteiger charge is 2.67. The van der Waals surface area contributed by atoms with Crippen LogP contribution in [0.4, 0.5) is 0 Å². The Labute approximate surface area is 237 Å². The molecular formula is C31H52O7Si. The molecule has 1 spiro atoms. The molecule has 0 bridgehead atoms. The normalized spacial score (nSPS) is 31.8. The van der Waals surface area contributed by atoms with E-state index in [9.17, 15) is 5.11 Å². The van der Waals surface area contributed by atoms with Gasteiger partial charge in [0, 0.05) is 24.9 Å². The molecule has 0 aromatic heterocycles. The number of hydrogen-bond donors (Lipinski definition) is 1. The largest absolute Gasteiger partial charge is 0.497 e. The number of hydrogen-bond acceptors (Lipinski definition) is 7. The fourth-order valence-corrected chi connectivity index (χ4v) is 6.98. The topological polar surface area (TPSA) is 75.6 Å². The summed E-state index contributed by atoms with van der Waals surface area (Å²) in [5.74, 6) is -0.0250. The predicted molar refractivity (Wildman–Crippen MR) is 156 cm³/mol. The highest BCUT2D eigenvalue weighted by Crippen LogP contribution is 2.56. The molecule has 3 rings (SSSR count). The lowest BCUT2D eigenvalue weighted by molar-refractivity contribution is -0.333. The number of methoxy groups -OCH3 is 2.